The largest absolute Gasteiger partial charge is 0.330 e. The summed E-state index contributed by atoms with van der Waals surface area (Å²) in [4.78, 5) is 0. The Morgan fingerprint density at radius 2 is 1.85 bits per heavy atom. The maximum Gasteiger partial charge on any atom is 0.00978 e. The van der Waals surface area contributed by atoms with Crippen molar-refractivity contribution in [2.45, 2.75) is 43.8 Å². The van der Waals surface area contributed by atoms with E-state index in [0.717, 1.165) is 23.6 Å². The summed E-state index contributed by atoms with van der Waals surface area (Å²) < 4.78 is 0. The molecule has 0 amide bonds. The molecular weight excluding hydrogens is 178 g/mol. The van der Waals surface area contributed by atoms with E-state index in [1.165, 1.54) is 44.3 Å². The molecule has 1 saturated heterocycles. The van der Waals surface area contributed by atoms with Crippen LogP contribution in [0.2, 0.25) is 0 Å². The Morgan fingerprint density at radius 3 is 2.31 bits per heavy atom. The Kier molecular flexibility index (Phi) is 3.56. The van der Waals surface area contributed by atoms with Gasteiger partial charge < -0.3 is 5.73 Å². The monoisotopic (exact) mass is 199 g/mol. The van der Waals surface area contributed by atoms with Crippen LogP contribution in [0.4, 0.5) is 0 Å². The zero-order valence-corrected chi connectivity index (χ0v) is 9.19. The summed E-state index contributed by atoms with van der Waals surface area (Å²) in [5.41, 5.74) is 5.90. The highest BCUT2D eigenvalue weighted by Gasteiger charge is 2.33. The van der Waals surface area contributed by atoms with Crippen molar-refractivity contribution < 1.29 is 0 Å². The molecule has 1 nitrogen and oxygen atoms in total. The molecule has 2 heteroatoms. The molecule has 2 N–H and O–H groups in total. The molecule has 1 saturated carbocycles. The van der Waals surface area contributed by atoms with E-state index < -0.39 is 0 Å². The molecule has 2 aliphatic rings. The predicted octanol–water partition coefficient (Wildman–Crippen LogP) is 2.65. The molecule has 0 aromatic carbocycles. The summed E-state index contributed by atoms with van der Waals surface area (Å²) in [5, 5.41) is 0.924. The van der Waals surface area contributed by atoms with Gasteiger partial charge in [0.25, 0.3) is 0 Å². The third-order valence-electron chi connectivity index (χ3n) is 3.74. The molecule has 2 rings (SSSR count). The number of nitrogens with two attached hydrogens (primary N) is 1. The standard InChI is InChI=1S/C11H21NS/c12-8-10(11-6-7-13-11)9-4-2-1-3-5-9/h9-11H,1-8,12H2. The van der Waals surface area contributed by atoms with E-state index in [-0.39, 0.29) is 0 Å². The Morgan fingerprint density at radius 1 is 1.15 bits per heavy atom. The molecule has 0 spiro atoms. The first-order valence-corrected chi connectivity index (χ1v) is 6.78. The van der Waals surface area contributed by atoms with Crippen molar-refractivity contribution in [1.82, 2.24) is 0 Å². The Labute approximate surface area is 85.8 Å². The summed E-state index contributed by atoms with van der Waals surface area (Å²) in [5.74, 6) is 3.20. The lowest BCUT2D eigenvalue weighted by Crippen LogP contribution is -2.37. The fourth-order valence-corrected chi connectivity index (χ4v) is 3.89. The van der Waals surface area contributed by atoms with Gasteiger partial charge >= 0.3 is 0 Å². The first-order valence-electron chi connectivity index (χ1n) is 5.73. The molecule has 2 fully saturated rings. The summed E-state index contributed by atoms with van der Waals surface area (Å²) in [6, 6.07) is 0. The van der Waals surface area contributed by atoms with Gasteiger partial charge in [-0.25, -0.2) is 0 Å². The van der Waals surface area contributed by atoms with Gasteiger partial charge in [0.2, 0.25) is 0 Å². The Bertz CT molecular complexity index is 150. The van der Waals surface area contributed by atoms with Crippen LogP contribution in [0, 0.1) is 11.8 Å². The van der Waals surface area contributed by atoms with Crippen molar-refractivity contribution >= 4 is 11.8 Å². The zero-order valence-electron chi connectivity index (χ0n) is 8.37. The van der Waals surface area contributed by atoms with E-state index in [4.69, 9.17) is 5.73 Å². The summed E-state index contributed by atoms with van der Waals surface area (Å²) in [6.45, 7) is 0.933. The van der Waals surface area contributed by atoms with Gasteiger partial charge in [-0.15, -0.1) is 0 Å². The summed E-state index contributed by atoms with van der Waals surface area (Å²) in [6.07, 6.45) is 8.73. The summed E-state index contributed by atoms with van der Waals surface area (Å²) >= 11 is 2.15. The molecule has 1 aliphatic heterocycles. The molecule has 2 atom stereocenters. The van der Waals surface area contributed by atoms with Crippen molar-refractivity contribution in [3.8, 4) is 0 Å². The Hall–Kier alpha value is 0.310. The van der Waals surface area contributed by atoms with Crippen LogP contribution < -0.4 is 5.73 Å². The normalized spacial score (nSPS) is 32.5. The van der Waals surface area contributed by atoms with Crippen LogP contribution in [0.1, 0.15) is 38.5 Å². The topological polar surface area (TPSA) is 26.0 Å². The van der Waals surface area contributed by atoms with Crippen molar-refractivity contribution in [3.05, 3.63) is 0 Å². The summed E-state index contributed by atoms with van der Waals surface area (Å²) in [7, 11) is 0. The Balaban J connectivity index is 1.86. The molecule has 1 aliphatic carbocycles. The maximum absolute atomic E-state index is 5.90. The molecule has 0 aromatic heterocycles. The molecule has 0 aromatic rings. The SMILES string of the molecule is NCC(C1CCCCC1)C1CCS1. The van der Waals surface area contributed by atoms with Crippen molar-refractivity contribution in [1.29, 1.82) is 0 Å². The molecule has 13 heavy (non-hydrogen) atoms. The number of thioether (sulfide) groups is 1. The second-order valence-corrected chi connectivity index (χ2v) is 5.84. The van der Waals surface area contributed by atoms with E-state index >= 15 is 0 Å². The van der Waals surface area contributed by atoms with E-state index in [2.05, 4.69) is 11.8 Å². The van der Waals surface area contributed by atoms with Gasteiger partial charge in [-0.1, -0.05) is 32.1 Å². The third kappa shape index (κ3) is 2.21. The average molecular weight is 199 g/mol. The van der Waals surface area contributed by atoms with E-state index in [9.17, 15) is 0 Å². The highest BCUT2D eigenvalue weighted by molar-refractivity contribution is 8.01. The van der Waals surface area contributed by atoms with Crippen LogP contribution >= 0.6 is 11.8 Å². The van der Waals surface area contributed by atoms with Crippen LogP contribution in [0.25, 0.3) is 0 Å². The zero-order chi connectivity index (χ0) is 9.10. The number of hydrogen-bond donors (Lipinski definition) is 1. The first kappa shape index (κ1) is 9.85. The van der Waals surface area contributed by atoms with Gasteiger partial charge in [-0.3, -0.25) is 0 Å². The first-order chi connectivity index (χ1) is 6.42. The number of rotatable bonds is 3. The van der Waals surface area contributed by atoms with Gasteiger partial charge in [-0.05, 0) is 30.6 Å². The second-order valence-electron chi connectivity index (χ2n) is 4.50. The van der Waals surface area contributed by atoms with Crippen molar-refractivity contribution in [2.24, 2.45) is 17.6 Å². The lowest BCUT2D eigenvalue weighted by Gasteiger charge is -2.39. The van der Waals surface area contributed by atoms with E-state index in [1.807, 2.05) is 0 Å². The van der Waals surface area contributed by atoms with Gasteiger partial charge in [0.1, 0.15) is 0 Å². The minimum atomic E-state index is 0.846. The van der Waals surface area contributed by atoms with Gasteiger partial charge in [0.05, 0.1) is 0 Å². The van der Waals surface area contributed by atoms with Gasteiger partial charge in [0.15, 0.2) is 0 Å². The molecule has 76 valence electrons. The lowest BCUT2D eigenvalue weighted by molar-refractivity contribution is 0.242. The molecule has 0 radical (unpaired) electrons. The maximum atomic E-state index is 5.90. The fraction of sp³-hybridized carbons (Fsp3) is 1.00. The van der Waals surface area contributed by atoms with Crippen LogP contribution in [0.3, 0.4) is 0 Å². The second kappa shape index (κ2) is 4.70. The minimum absolute atomic E-state index is 0.846. The van der Waals surface area contributed by atoms with Gasteiger partial charge in [-0.2, -0.15) is 11.8 Å². The van der Waals surface area contributed by atoms with E-state index in [0.29, 0.717) is 0 Å². The average Bonchev–Trinajstić information content (AvgIpc) is 2.12. The smallest absolute Gasteiger partial charge is 0.00978 e. The van der Waals surface area contributed by atoms with Gasteiger partial charge in [0, 0.05) is 5.25 Å². The van der Waals surface area contributed by atoms with Crippen LogP contribution in [0.15, 0.2) is 0 Å². The third-order valence-corrected chi connectivity index (χ3v) is 5.22. The highest BCUT2D eigenvalue weighted by atomic mass is 32.2. The molecule has 2 unspecified atom stereocenters. The quantitative estimate of drug-likeness (QED) is 0.756. The van der Waals surface area contributed by atoms with Crippen molar-refractivity contribution in [2.75, 3.05) is 12.3 Å². The molecule has 1 heterocycles. The molecule has 0 bridgehead atoms. The van der Waals surface area contributed by atoms with Crippen LogP contribution in [-0.2, 0) is 0 Å². The van der Waals surface area contributed by atoms with Crippen molar-refractivity contribution in [3.63, 3.8) is 0 Å². The molecular formula is C11H21NS. The van der Waals surface area contributed by atoms with Crippen LogP contribution in [-0.4, -0.2) is 17.5 Å². The minimum Gasteiger partial charge on any atom is -0.330 e. The predicted molar refractivity (Wildman–Crippen MR) is 60.0 cm³/mol. The van der Waals surface area contributed by atoms with E-state index in [1.54, 1.807) is 0 Å². The van der Waals surface area contributed by atoms with Crippen LogP contribution in [0.5, 0.6) is 0 Å². The highest BCUT2D eigenvalue weighted by Crippen LogP contribution is 2.41. The fourth-order valence-electron chi connectivity index (χ4n) is 2.80. The number of hydrogen-bond acceptors (Lipinski definition) is 2. The lowest BCUT2D eigenvalue weighted by atomic mass is 9.78.